The summed E-state index contributed by atoms with van der Waals surface area (Å²) in [6.07, 6.45) is 0. The molecule has 1 aromatic carbocycles. The highest BCUT2D eigenvalue weighted by molar-refractivity contribution is 7.13. The maximum Gasteiger partial charge on any atom is 0.232 e. The predicted octanol–water partition coefficient (Wildman–Crippen LogP) is 3.68. The van der Waals surface area contributed by atoms with E-state index in [1.54, 1.807) is 17.4 Å². The third-order valence-electron chi connectivity index (χ3n) is 3.88. The Morgan fingerprint density at radius 3 is 2.83 bits per heavy atom. The second-order valence-corrected chi connectivity index (χ2v) is 6.52. The van der Waals surface area contributed by atoms with Gasteiger partial charge in [-0.2, -0.15) is 4.98 Å². The normalized spacial score (nSPS) is 15.7. The van der Waals surface area contributed by atoms with E-state index >= 15 is 0 Å². The standard InChI is InChI=1S/C16H13F2N3OS/c17-12-4-3-10(6-13(12)18)7-21-8-11(9-21)16-19-15(20-22-16)14-2-1-5-23-14/h1-6,11H,7-9H2. The van der Waals surface area contributed by atoms with Crippen molar-refractivity contribution in [3.8, 4) is 10.7 Å². The molecule has 118 valence electrons. The largest absolute Gasteiger partial charge is 0.339 e. The summed E-state index contributed by atoms with van der Waals surface area (Å²) in [7, 11) is 0. The Morgan fingerprint density at radius 1 is 1.22 bits per heavy atom. The van der Waals surface area contributed by atoms with Crippen molar-refractivity contribution in [3.05, 3.63) is 58.8 Å². The molecule has 0 aliphatic carbocycles. The lowest BCUT2D eigenvalue weighted by Gasteiger charge is -2.37. The van der Waals surface area contributed by atoms with Crippen molar-refractivity contribution >= 4 is 11.3 Å². The number of benzene rings is 1. The third kappa shape index (κ3) is 2.89. The van der Waals surface area contributed by atoms with Crippen molar-refractivity contribution in [2.75, 3.05) is 13.1 Å². The number of nitrogens with zero attached hydrogens (tertiary/aromatic N) is 3. The number of hydrogen-bond acceptors (Lipinski definition) is 5. The van der Waals surface area contributed by atoms with Crippen molar-refractivity contribution in [2.24, 2.45) is 0 Å². The van der Waals surface area contributed by atoms with Crippen LogP contribution in [0.25, 0.3) is 10.7 Å². The molecule has 1 fully saturated rings. The van der Waals surface area contributed by atoms with Crippen LogP contribution in [-0.2, 0) is 6.54 Å². The van der Waals surface area contributed by atoms with Gasteiger partial charge in [0, 0.05) is 19.6 Å². The Bertz CT molecular complexity index is 813. The van der Waals surface area contributed by atoms with Gasteiger partial charge in [-0.05, 0) is 29.1 Å². The SMILES string of the molecule is Fc1ccc(CN2CC(c3nc(-c4cccs4)no3)C2)cc1F. The Kier molecular flexibility index (Phi) is 3.66. The van der Waals surface area contributed by atoms with Crippen LogP contribution in [0, 0.1) is 11.6 Å². The summed E-state index contributed by atoms with van der Waals surface area (Å²) in [5.41, 5.74) is 0.757. The number of likely N-dealkylation sites (tertiary alicyclic amines) is 1. The first-order valence-corrected chi connectivity index (χ1v) is 8.11. The molecule has 7 heteroatoms. The first-order valence-electron chi connectivity index (χ1n) is 7.23. The zero-order chi connectivity index (χ0) is 15.8. The molecule has 0 spiro atoms. The van der Waals surface area contributed by atoms with E-state index in [0.29, 0.717) is 18.3 Å². The fourth-order valence-corrected chi connectivity index (χ4v) is 3.31. The Balaban J connectivity index is 1.37. The highest BCUT2D eigenvalue weighted by atomic mass is 32.1. The summed E-state index contributed by atoms with van der Waals surface area (Å²) >= 11 is 1.57. The number of rotatable bonds is 4. The Hall–Kier alpha value is -2.12. The molecule has 3 heterocycles. The Labute approximate surface area is 135 Å². The van der Waals surface area contributed by atoms with Crippen LogP contribution in [0.5, 0.6) is 0 Å². The molecule has 0 bridgehead atoms. The monoisotopic (exact) mass is 333 g/mol. The zero-order valence-corrected chi connectivity index (χ0v) is 12.9. The van der Waals surface area contributed by atoms with Crippen LogP contribution in [0.15, 0.2) is 40.2 Å². The highest BCUT2D eigenvalue weighted by Gasteiger charge is 2.32. The summed E-state index contributed by atoms with van der Waals surface area (Å²) in [5.74, 6) is -0.176. The predicted molar refractivity (Wildman–Crippen MR) is 82.0 cm³/mol. The summed E-state index contributed by atoms with van der Waals surface area (Å²) in [5, 5.41) is 5.98. The quantitative estimate of drug-likeness (QED) is 0.730. The molecule has 1 aliphatic rings. The fourth-order valence-electron chi connectivity index (χ4n) is 2.66. The van der Waals surface area contributed by atoms with Crippen LogP contribution in [-0.4, -0.2) is 28.1 Å². The van der Waals surface area contributed by atoms with Gasteiger partial charge in [0.25, 0.3) is 0 Å². The van der Waals surface area contributed by atoms with Crippen molar-refractivity contribution in [1.29, 1.82) is 0 Å². The average Bonchev–Trinajstić information content (AvgIpc) is 3.16. The van der Waals surface area contributed by atoms with Crippen LogP contribution in [0.1, 0.15) is 17.4 Å². The number of aromatic nitrogens is 2. The van der Waals surface area contributed by atoms with E-state index in [-0.39, 0.29) is 5.92 Å². The summed E-state index contributed by atoms with van der Waals surface area (Å²) in [4.78, 5) is 7.55. The minimum absolute atomic E-state index is 0.196. The van der Waals surface area contributed by atoms with E-state index in [1.165, 1.54) is 6.07 Å². The van der Waals surface area contributed by atoms with Gasteiger partial charge in [-0.1, -0.05) is 17.3 Å². The van der Waals surface area contributed by atoms with Crippen LogP contribution < -0.4 is 0 Å². The molecule has 3 aromatic rings. The van der Waals surface area contributed by atoms with Crippen LogP contribution in [0.3, 0.4) is 0 Å². The maximum absolute atomic E-state index is 13.2. The van der Waals surface area contributed by atoms with E-state index in [9.17, 15) is 8.78 Å². The van der Waals surface area contributed by atoms with Crippen molar-refractivity contribution in [3.63, 3.8) is 0 Å². The van der Waals surface area contributed by atoms with Crippen LogP contribution in [0.4, 0.5) is 8.78 Å². The van der Waals surface area contributed by atoms with Crippen molar-refractivity contribution < 1.29 is 13.3 Å². The molecular formula is C16H13F2N3OS. The lowest BCUT2D eigenvalue weighted by Crippen LogP contribution is -2.44. The molecule has 4 rings (SSSR count). The molecular weight excluding hydrogens is 320 g/mol. The lowest BCUT2D eigenvalue weighted by atomic mass is 9.99. The first-order chi connectivity index (χ1) is 11.2. The van der Waals surface area contributed by atoms with Gasteiger partial charge in [0.1, 0.15) is 0 Å². The van der Waals surface area contributed by atoms with E-state index in [2.05, 4.69) is 15.0 Å². The van der Waals surface area contributed by atoms with Crippen molar-refractivity contribution in [1.82, 2.24) is 15.0 Å². The van der Waals surface area contributed by atoms with Crippen LogP contribution in [0.2, 0.25) is 0 Å². The summed E-state index contributed by atoms with van der Waals surface area (Å²) < 4.78 is 31.5. The molecule has 0 saturated carbocycles. The van der Waals surface area contributed by atoms with Gasteiger partial charge in [0.05, 0.1) is 10.8 Å². The maximum atomic E-state index is 13.2. The van der Waals surface area contributed by atoms with Gasteiger partial charge in [-0.3, -0.25) is 4.90 Å². The molecule has 23 heavy (non-hydrogen) atoms. The zero-order valence-electron chi connectivity index (χ0n) is 12.1. The molecule has 2 aromatic heterocycles. The Morgan fingerprint density at radius 2 is 2.09 bits per heavy atom. The molecule has 0 N–H and O–H groups in total. The molecule has 0 radical (unpaired) electrons. The molecule has 0 amide bonds. The average molecular weight is 333 g/mol. The van der Waals surface area contributed by atoms with Gasteiger partial charge in [-0.25, -0.2) is 8.78 Å². The second kappa shape index (κ2) is 5.82. The second-order valence-electron chi connectivity index (χ2n) is 5.57. The van der Waals surface area contributed by atoms with Gasteiger partial charge in [-0.15, -0.1) is 11.3 Å². The van der Waals surface area contributed by atoms with Crippen LogP contribution >= 0.6 is 11.3 Å². The topological polar surface area (TPSA) is 42.2 Å². The third-order valence-corrected chi connectivity index (χ3v) is 4.75. The lowest BCUT2D eigenvalue weighted by molar-refractivity contribution is 0.117. The number of thiophene rings is 1. The van der Waals surface area contributed by atoms with E-state index < -0.39 is 11.6 Å². The first kappa shape index (κ1) is 14.5. The van der Waals surface area contributed by atoms with Gasteiger partial charge in [0.15, 0.2) is 11.6 Å². The number of halogens is 2. The van der Waals surface area contributed by atoms with Crippen molar-refractivity contribution in [2.45, 2.75) is 12.5 Å². The summed E-state index contributed by atoms with van der Waals surface area (Å²) in [6, 6.07) is 7.91. The van der Waals surface area contributed by atoms with E-state index in [4.69, 9.17) is 4.52 Å². The molecule has 0 unspecified atom stereocenters. The smallest absolute Gasteiger partial charge is 0.232 e. The molecule has 1 aliphatic heterocycles. The van der Waals surface area contributed by atoms with Gasteiger partial charge in [0.2, 0.25) is 11.7 Å². The minimum atomic E-state index is -0.817. The number of hydrogen-bond donors (Lipinski definition) is 0. The molecule has 1 saturated heterocycles. The highest BCUT2D eigenvalue weighted by Crippen LogP contribution is 2.30. The van der Waals surface area contributed by atoms with Gasteiger partial charge >= 0.3 is 0 Å². The fraction of sp³-hybridized carbons (Fsp3) is 0.250. The van der Waals surface area contributed by atoms with E-state index in [0.717, 1.165) is 29.6 Å². The molecule has 4 nitrogen and oxygen atoms in total. The minimum Gasteiger partial charge on any atom is -0.339 e. The summed E-state index contributed by atoms with van der Waals surface area (Å²) in [6.45, 7) is 2.12. The van der Waals surface area contributed by atoms with Gasteiger partial charge < -0.3 is 4.52 Å². The van der Waals surface area contributed by atoms with E-state index in [1.807, 2.05) is 17.5 Å². The molecule has 0 atom stereocenters.